The van der Waals surface area contributed by atoms with Crippen LogP contribution in [0.5, 0.6) is 0 Å². The van der Waals surface area contributed by atoms with Gasteiger partial charge in [-0.2, -0.15) is 0 Å². The Bertz CT molecular complexity index is 897. The summed E-state index contributed by atoms with van der Waals surface area (Å²) in [5, 5.41) is 5.74. The first-order valence-electron chi connectivity index (χ1n) is 10.1. The highest BCUT2D eigenvalue weighted by atomic mass is 19.1. The van der Waals surface area contributed by atoms with Crippen molar-refractivity contribution in [3.05, 3.63) is 65.0 Å². The van der Waals surface area contributed by atoms with Gasteiger partial charge in [0.25, 0.3) is 5.91 Å². The van der Waals surface area contributed by atoms with Crippen LogP contribution in [-0.4, -0.2) is 36.0 Å². The first-order chi connectivity index (χ1) is 13.8. The van der Waals surface area contributed by atoms with E-state index in [2.05, 4.69) is 10.6 Å². The first kappa shape index (κ1) is 20.8. The van der Waals surface area contributed by atoms with Crippen molar-refractivity contribution in [3.63, 3.8) is 0 Å². The molecule has 1 aliphatic rings. The van der Waals surface area contributed by atoms with E-state index in [4.69, 9.17) is 0 Å². The molecule has 6 heteroatoms. The van der Waals surface area contributed by atoms with E-state index in [1.807, 2.05) is 36.9 Å². The predicted molar refractivity (Wildman–Crippen MR) is 113 cm³/mol. The van der Waals surface area contributed by atoms with Crippen molar-refractivity contribution in [2.45, 2.75) is 45.6 Å². The third-order valence-corrected chi connectivity index (χ3v) is 5.26. The summed E-state index contributed by atoms with van der Waals surface area (Å²) in [6.45, 7) is 6.91. The lowest BCUT2D eigenvalue weighted by atomic mass is 9.89. The van der Waals surface area contributed by atoms with Crippen LogP contribution in [0.2, 0.25) is 0 Å². The van der Waals surface area contributed by atoms with Gasteiger partial charge in [-0.3, -0.25) is 4.79 Å². The zero-order chi connectivity index (χ0) is 21.0. The molecule has 0 unspecified atom stereocenters. The molecule has 0 aliphatic carbocycles. The SMILES string of the molecule is Cc1c(F)cccc1NC(=O)c1cccc([C@H]2CCCN(C(=O)NC(C)C)C2)c1. The minimum absolute atomic E-state index is 0.0415. The average Bonchev–Trinajstić information content (AvgIpc) is 2.71. The van der Waals surface area contributed by atoms with Crippen molar-refractivity contribution in [2.75, 3.05) is 18.4 Å². The Kier molecular flexibility index (Phi) is 6.52. The topological polar surface area (TPSA) is 61.4 Å². The number of carbonyl (C=O) groups is 2. The summed E-state index contributed by atoms with van der Waals surface area (Å²) in [4.78, 5) is 26.9. The van der Waals surface area contributed by atoms with Crippen molar-refractivity contribution in [1.29, 1.82) is 0 Å². The van der Waals surface area contributed by atoms with Gasteiger partial charge >= 0.3 is 6.03 Å². The molecule has 2 N–H and O–H groups in total. The molecular weight excluding hydrogens is 369 g/mol. The van der Waals surface area contributed by atoms with Gasteiger partial charge in [0.15, 0.2) is 0 Å². The maximum absolute atomic E-state index is 13.7. The third-order valence-electron chi connectivity index (χ3n) is 5.26. The number of halogens is 1. The van der Waals surface area contributed by atoms with E-state index in [0.717, 1.165) is 24.9 Å². The van der Waals surface area contributed by atoms with E-state index in [1.165, 1.54) is 6.07 Å². The molecule has 1 atom stereocenters. The van der Waals surface area contributed by atoms with E-state index in [-0.39, 0.29) is 29.7 Å². The van der Waals surface area contributed by atoms with Crippen LogP contribution < -0.4 is 10.6 Å². The Morgan fingerprint density at radius 2 is 1.93 bits per heavy atom. The van der Waals surface area contributed by atoms with Crippen molar-refractivity contribution in [3.8, 4) is 0 Å². The van der Waals surface area contributed by atoms with Crippen LogP contribution in [0.4, 0.5) is 14.9 Å². The van der Waals surface area contributed by atoms with E-state index in [9.17, 15) is 14.0 Å². The molecule has 154 valence electrons. The summed E-state index contributed by atoms with van der Waals surface area (Å²) in [5.41, 5.74) is 2.44. The van der Waals surface area contributed by atoms with Crippen LogP contribution in [0.3, 0.4) is 0 Å². The second-order valence-corrected chi connectivity index (χ2v) is 7.88. The summed E-state index contributed by atoms with van der Waals surface area (Å²) in [6, 6.07) is 12.2. The number of piperidine rings is 1. The number of amides is 3. The standard InChI is InChI=1S/C23H28FN3O2/c1-15(2)25-23(29)27-12-6-9-19(14-27)17-7-4-8-18(13-17)22(28)26-21-11-5-10-20(24)16(21)3/h4-5,7-8,10-11,13,15,19H,6,9,12,14H2,1-3H3,(H,25,29)(H,26,28)/t19-/m0/s1. The Morgan fingerprint density at radius 3 is 2.69 bits per heavy atom. The average molecular weight is 397 g/mol. The Balaban J connectivity index is 1.72. The Labute approximate surface area is 171 Å². The zero-order valence-corrected chi connectivity index (χ0v) is 17.2. The molecule has 29 heavy (non-hydrogen) atoms. The lowest BCUT2D eigenvalue weighted by Crippen LogP contribution is -2.47. The van der Waals surface area contributed by atoms with Gasteiger partial charge < -0.3 is 15.5 Å². The van der Waals surface area contributed by atoms with Crippen LogP contribution in [-0.2, 0) is 0 Å². The van der Waals surface area contributed by atoms with Crippen molar-refractivity contribution < 1.29 is 14.0 Å². The normalized spacial score (nSPS) is 16.6. The zero-order valence-electron chi connectivity index (χ0n) is 17.2. The predicted octanol–water partition coefficient (Wildman–Crippen LogP) is 4.68. The molecular formula is C23H28FN3O2. The number of anilines is 1. The van der Waals surface area contributed by atoms with Crippen LogP contribution in [0.1, 0.15) is 54.1 Å². The van der Waals surface area contributed by atoms with Gasteiger partial charge in [0, 0.05) is 41.9 Å². The minimum Gasteiger partial charge on any atom is -0.336 e. The maximum Gasteiger partial charge on any atom is 0.317 e. The van der Waals surface area contributed by atoms with E-state index in [1.54, 1.807) is 25.1 Å². The van der Waals surface area contributed by atoms with Crippen LogP contribution in [0.25, 0.3) is 0 Å². The molecule has 2 aromatic rings. The second kappa shape index (κ2) is 9.07. The molecule has 2 aromatic carbocycles. The number of rotatable bonds is 4. The monoisotopic (exact) mass is 397 g/mol. The fourth-order valence-corrected chi connectivity index (χ4v) is 3.64. The van der Waals surface area contributed by atoms with Crippen LogP contribution in [0.15, 0.2) is 42.5 Å². The number of hydrogen-bond donors (Lipinski definition) is 2. The molecule has 3 amide bonds. The molecule has 1 saturated heterocycles. The Morgan fingerprint density at radius 1 is 1.17 bits per heavy atom. The van der Waals surface area contributed by atoms with Gasteiger partial charge in [0.1, 0.15) is 5.82 Å². The first-order valence-corrected chi connectivity index (χ1v) is 10.1. The second-order valence-electron chi connectivity index (χ2n) is 7.88. The summed E-state index contributed by atoms with van der Waals surface area (Å²) in [7, 11) is 0. The summed E-state index contributed by atoms with van der Waals surface area (Å²) in [5.74, 6) is -0.436. The van der Waals surface area contributed by atoms with Gasteiger partial charge in [0.05, 0.1) is 0 Å². The van der Waals surface area contributed by atoms with Crippen molar-refractivity contribution in [2.24, 2.45) is 0 Å². The minimum atomic E-state index is -0.349. The molecule has 0 aromatic heterocycles. The largest absolute Gasteiger partial charge is 0.336 e. The van der Waals surface area contributed by atoms with Crippen LogP contribution in [0, 0.1) is 12.7 Å². The molecule has 0 saturated carbocycles. The molecule has 0 bridgehead atoms. The lowest BCUT2D eigenvalue weighted by molar-refractivity contribution is 0.102. The molecule has 1 fully saturated rings. The smallest absolute Gasteiger partial charge is 0.317 e. The van der Waals surface area contributed by atoms with E-state index < -0.39 is 0 Å². The molecule has 0 radical (unpaired) electrons. The highest BCUT2D eigenvalue weighted by Gasteiger charge is 2.25. The summed E-state index contributed by atoms with van der Waals surface area (Å²) < 4.78 is 13.7. The number of urea groups is 1. The number of nitrogens with zero attached hydrogens (tertiary/aromatic N) is 1. The Hall–Kier alpha value is -2.89. The fourth-order valence-electron chi connectivity index (χ4n) is 3.64. The van der Waals surface area contributed by atoms with E-state index >= 15 is 0 Å². The quantitative estimate of drug-likeness (QED) is 0.787. The van der Waals surface area contributed by atoms with Gasteiger partial charge in [0.2, 0.25) is 0 Å². The number of likely N-dealkylation sites (tertiary alicyclic amines) is 1. The number of benzene rings is 2. The molecule has 1 aliphatic heterocycles. The van der Waals surface area contributed by atoms with Crippen molar-refractivity contribution in [1.82, 2.24) is 10.2 Å². The maximum atomic E-state index is 13.7. The van der Waals surface area contributed by atoms with Gasteiger partial charge in [-0.05, 0) is 63.4 Å². The van der Waals surface area contributed by atoms with Gasteiger partial charge in [-0.1, -0.05) is 18.2 Å². The summed E-state index contributed by atoms with van der Waals surface area (Å²) >= 11 is 0. The van der Waals surface area contributed by atoms with Crippen molar-refractivity contribution >= 4 is 17.6 Å². The third kappa shape index (κ3) is 5.13. The van der Waals surface area contributed by atoms with Crippen LogP contribution >= 0.6 is 0 Å². The molecule has 5 nitrogen and oxygen atoms in total. The highest BCUT2D eigenvalue weighted by molar-refractivity contribution is 6.04. The fraction of sp³-hybridized carbons (Fsp3) is 0.391. The summed E-state index contributed by atoms with van der Waals surface area (Å²) in [6.07, 6.45) is 1.90. The number of hydrogen-bond acceptors (Lipinski definition) is 2. The number of nitrogens with one attached hydrogen (secondary N) is 2. The lowest BCUT2D eigenvalue weighted by Gasteiger charge is -2.33. The van der Waals surface area contributed by atoms with E-state index in [0.29, 0.717) is 23.4 Å². The number of carbonyl (C=O) groups excluding carboxylic acids is 2. The highest BCUT2D eigenvalue weighted by Crippen LogP contribution is 2.28. The molecule has 1 heterocycles. The molecule has 0 spiro atoms. The molecule has 3 rings (SSSR count). The van der Waals surface area contributed by atoms with Gasteiger partial charge in [-0.15, -0.1) is 0 Å². The van der Waals surface area contributed by atoms with Gasteiger partial charge in [-0.25, -0.2) is 9.18 Å².